The summed E-state index contributed by atoms with van der Waals surface area (Å²) >= 11 is 0. The van der Waals surface area contributed by atoms with Crippen LogP contribution in [-0.2, 0) is 10.8 Å². The summed E-state index contributed by atoms with van der Waals surface area (Å²) in [4.78, 5) is 0. The minimum Gasteiger partial charge on any atom is -0.0654 e. The van der Waals surface area contributed by atoms with Gasteiger partial charge in [0.1, 0.15) is 0 Å². The lowest BCUT2D eigenvalue weighted by molar-refractivity contribution is 0.401. The van der Waals surface area contributed by atoms with Crippen molar-refractivity contribution in [2.75, 3.05) is 0 Å². The SMILES string of the molecule is CCCCCCC1(CCCCCC)c2ccccc2-c2ccc(-c3cccc4cc5c(-c6ccc7c(c6)C(CCCCCC)(CCCCCC)c6ccccc6-7)cccc5cc34)cc21. The van der Waals surface area contributed by atoms with E-state index in [1.54, 1.807) is 22.3 Å². The molecule has 0 saturated heterocycles. The predicted molar refractivity (Wildman–Crippen MR) is 280 cm³/mol. The summed E-state index contributed by atoms with van der Waals surface area (Å²) in [6.07, 6.45) is 25.8. The molecule has 2 aliphatic carbocycles. The minimum absolute atomic E-state index is 0.0788. The number of hydrogen-bond acceptors (Lipinski definition) is 0. The molecule has 0 bridgehead atoms. The van der Waals surface area contributed by atoms with Crippen molar-refractivity contribution in [1.82, 2.24) is 0 Å². The van der Waals surface area contributed by atoms with Crippen molar-refractivity contribution in [2.45, 2.75) is 167 Å². The molecule has 330 valence electrons. The van der Waals surface area contributed by atoms with Gasteiger partial charge in [0.2, 0.25) is 0 Å². The van der Waals surface area contributed by atoms with Gasteiger partial charge in [0.15, 0.2) is 0 Å². The first kappa shape index (κ1) is 44.3. The Bertz CT molecular complexity index is 2480. The monoisotopic (exact) mass is 843 g/mol. The van der Waals surface area contributed by atoms with Gasteiger partial charge in [-0.05, 0) is 138 Å². The van der Waals surface area contributed by atoms with Crippen LogP contribution in [0.5, 0.6) is 0 Å². The molecule has 0 spiro atoms. The van der Waals surface area contributed by atoms with E-state index in [-0.39, 0.29) is 10.8 Å². The lowest BCUT2D eigenvalue weighted by Gasteiger charge is -2.33. The van der Waals surface area contributed by atoms with E-state index in [0.717, 1.165) is 0 Å². The van der Waals surface area contributed by atoms with E-state index in [1.807, 2.05) is 0 Å². The van der Waals surface area contributed by atoms with Crippen LogP contribution in [0.25, 0.3) is 66.1 Å². The van der Waals surface area contributed by atoms with Gasteiger partial charge in [-0.25, -0.2) is 0 Å². The number of benzene rings is 7. The van der Waals surface area contributed by atoms with E-state index < -0.39 is 0 Å². The lowest BCUT2D eigenvalue weighted by atomic mass is 9.70. The van der Waals surface area contributed by atoms with E-state index in [9.17, 15) is 0 Å². The van der Waals surface area contributed by atoms with E-state index >= 15 is 0 Å². The van der Waals surface area contributed by atoms with Gasteiger partial charge in [-0.1, -0.05) is 240 Å². The molecule has 0 heteroatoms. The molecule has 0 atom stereocenters. The summed E-state index contributed by atoms with van der Waals surface area (Å²) in [5, 5.41) is 5.34. The summed E-state index contributed by atoms with van der Waals surface area (Å²) in [6.45, 7) is 9.35. The predicted octanol–water partition coefficient (Wildman–Crippen LogP) is 19.7. The van der Waals surface area contributed by atoms with Crippen LogP contribution in [0.2, 0.25) is 0 Å². The van der Waals surface area contributed by atoms with Crippen LogP contribution in [0, 0.1) is 0 Å². The molecular formula is C64H74. The van der Waals surface area contributed by atoms with Crippen LogP contribution in [0.3, 0.4) is 0 Å². The molecule has 0 aromatic heterocycles. The van der Waals surface area contributed by atoms with Crippen LogP contribution in [-0.4, -0.2) is 0 Å². The average Bonchev–Trinajstić information content (AvgIpc) is 3.77. The maximum atomic E-state index is 2.63. The standard InChI is InChI=1S/C64H74/c1-5-9-13-21-39-63(40-22-14-10-6-2)59-33-19-17-29-53(59)55-37-35-49(45-61(55)63)51-31-25-27-47-44-58-48(43-57(47)51)28-26-32-52(58)50-36-38-56-54-30-18-20-34-60(54)64(62(56)46-50,41-23-15-11-7-3)42-24-16-12-8-4/h17-20,25-38,43-46H,5-16,21-24,39-42H2,1-4H3. The third-order valence-corrected chi connectivity index (χ3v) is 15.9. The number of unbranched alkanes of at least 4 members (excludes halogenated alkanes) is 12. The molecule has 0 heterocycles. The van der Waals surface area contributed by atoms with Gasteiger partial charge in [0, 0.05) is 10.8 Å². The Morgan fingerprint density at radius 2 is 0.625 bits per heavy atom. The quantitative estimate of drug-likeness (QED) is 0.0471. The van der Waals surface area contributed by atoms with Crippen molar-refractivity contribution < 1.29 is 0 Å². The second kappa shape index (κ2) is 20.1. The highest BCUT2D eigenvalue weighted by molar-refractivity contribution is 6.09. The molecule has 0 fully saturated rings. The van der Waals surface area contributed by atoms with Gasteiger partial charge < -0.3 is 0 Å². The average molecular weight is 843 g/mol. The Kier molecular flexibility index (Phi) is 13.9. The van der Waals surface area contributed by atoms with Crippen LogP contribution in [0.15, 0.2) is 133 Å². The molecule has 64 heavy (non-hydrogen) atoms. The Hall–Kier alpha value is -4.94. The molecule has 0 nitrogen and oxygen atoms in total. The van der Waals surface area contributed by atoms with Gasteiger partial charge in [-0.2, -0.15) is 0 Å². The zero-order chi connectivity index (χ0) is 43.9. The van der Waals surface area contributed by atoms with Crippen molar-refractivity contribution in [2.24, 2.45) is 0 Å². The molecule has 0 amide bonds. The van der Waals surface area contributed by atoms with Crippen LogP contribution in [0.1, 0.15) is 178 Å². The fraction of sp³-hybridized carbons (Fsp3) is 0.406. The fourth-order valence-electron chi connectivity index (χ4n) is 12.5. The molecule has 0 N–H and O–H groups in total. The second-order valence-corrected chi connectivity index (χ2v) is 19.9. The normalized spacial score (nSPS) is 14.2. The van der Waals surface area contributed by atoms with E-state index in [4.69, 9.17) is 0 Å². The van der Waals surface area contributed by atoms with Crippen molar-refractivity contribution in [3.63, 3.8) is 0 Å². The maximum Gasteiger partial charge on any atom is 0.0215 e. The number of fused-ring (bicyclic) bond motifs is 8. The molecule has 7 aromatic rings. The zero-order valence-electron chi connectivity index (χ0n) is 39.8. The van der Waals surface area contributed by atoms with Gasteiger partial charge in [-0.3, -0.25) is 0 Å². The molecule has 7 aromatic carbocycles. The largest absolute Gasteiger partial charge is 0.0654 e. The highest BCUT2D eigenvalue weighted by Crippen LogP contribution is 2.57. The highest BCUT2D eigenvalue weighted by Gasteiger charge is 2.43. The number of hydrogen-bond donors (Lipinski definition) is 0. The van der Waals surface area contributed by atoms with E-state index in [2.05, 4.69) is 161 Å². The smallest absolute Gasteiger partial charge is 0.0215 e. The summed E-state index contributed by atoms with van der Waals surface area (Å²) in [5.74, 6) is 0. The van der Waals surface area contributed by atoms with Crippen molar-refractivity contribution in [3.05, 3.63) is 156 Å². The van der Waals surface area contributed by atoms with Crippen molar-refractivity contribution >= 4 is 21.5 Å². The summed E-state index contributed by atoms with van der Waals surface area (Å²) in [5.41, 5.74) is 17.7. The fourth-order valence-corrected chi connectivity index (χ4v) is 12.5. The van der Waals surface area contributed by atoms with Gasteiger partial charge in [-0.15, -0.1) is 0 Å². The Morgan fingerprint density at radius 3 is 1.00 bits per heavy atom. The Labute approximate surface area is 386 Å². The van der Waals surface area contributed by atoms with Gasteiger partial charge in [0.05, 0.1) is 0 Å². The first-order chi connectivity index (χ1) is 31.6. The summed E-state index contributed by atoms with van der Waals surface area (Å²) in [6, 6.07) is 53.0. The third kappa shape index (κ3) is 8.29. The Morgan fingerprint density at radius 1 is 0.281 bits per heavy atom. The maximum absolute atomic E-state index is 2.63. The molecule has 0 radical (unpaired) electrons. The van der Waals surface area contributed by atoms with Crippen molar-refractivity contribution in [3.8, 4) is 44.5 Å². The van der Waals surface area contributed by atoms with Crippen LogP contribution < -0.4 is 0 Å². The van der Waals surface area contributed by atoms with Gasteiger partial charge in [0.25, 0.3) is 0 Å². The third-order valence-electron chi connectivity index (χ3n) is 15.9. The molecule has 9 rings (SSSR count). The zero-order valence-corrected chi connectivity index (χ0v) is 39.8. The van der Waals surface area contributed by atoms with Crippen molar-refractivity contribution in [1.29, 1.82) is 0 Å². The summed E-state index contributed by atoms with van der Waals surface area (Å²) < 4.78 is 0. The Balaban J connectivity index is 1.12. The van der Waals surface area contributed by atoms with Crippen LogP contribution >= 0.6 is 0 Å². The molecule has 0 saturated carbocycles. The van der Waals surface area contributed by atoms with E-state index in [1.165, 1.54) is 194 Å². The van der Waals surface area contributed by atoms with Crippen LogP contribution in [0.4, 0.5) is 0 Å². The highest BCUT2D eigenvalue weighted by atomic mass is 14.5. The molecule has 2 aliphatic rings. The first-order valence-corrected chi connectivity index (χ1v) is 26.0. The number of rotatable bonds is 22. The second-order valence-electron chi connectivity index (χ2n) is 19.9. The lowest BCUT2D eigenvalue weighted by Crippen LogP contribution is -2.25. The molecular weight excluding hydrogens is 769 g/mol. The summed E-state index contributed by atoms with van der Waals surface area (Å²) in [7, 11) is 0. The minimum atomic E-state index is 0.0788. The molecule has 0 unspecified atom stereocenters. The first-order valence-electron chi connectivity index (χ1n) is 26.0. The topological polar surface area (TPSA) is 0 Å². The van der Waals surface area contributed by atoms with Gasteiger partial charge >= 0.3 is 0 Å². The molecule has 0 aliphatic heterocycles. The van der Waals surface area contributed by atoms with E-state index in [0.29, 0.717) is 0 Å².